The van der Waals surface area contributed by atoms with E-state index in [1.807, 2.05) is 44.3 Å². The minimum atomic E-state index is -0.442. The molecule has 3 aromatic heterocycles. The molecule has 0 unspecified atom stereocenters. The number of halogens is 1. The van der Waals surface area contributed by atoms with Gasteiger partial charge in [0.1, 0.15) is 5.82 Å². The Bertz CT molecular complexity index is 1280. The molecule has 1 aromatic carbocycles. The van der Waals surface area contributed by atoms with Gasteiger partial charge in [-0.2, -0.15) is 5.10 Å². The molecular formula is C23H24ClN7O. The number of aromatic nitrogens is 4. The number of aryl methyl sites for hydroxylation is 2. The molecule has 0 aliphatic carbocycles. The number of amides is 2. The molecule has 0 spiro atoms. The van der Waals surface area contributed by atoms with Crippen molar-refractivity contribution in [2.24, 2.45) is 7.05 Å². The van der Waals surface area contributed by atoms with Crippen molar-refractivity contribution < 1.29 is 4.79 Å². The Morgan fingerprint density at radius 3 is 2.56 bits per heavy atom. The van der Waals surface area contributed by atoms with Crippen LogP contribution in [-0.4, -0.2) is 25.8 Å². The second-order valence-corrected chi connectivity index (χ2v) is 8.26. The quantitative estimate of drug-likeness (QED) is 0.361. The Balaban J connectivity index is 1.51. The predicted molar refractivity (Wildman–Crippen MR) is 128 cm³/mol. The fourth-order valence-electron chi connectivity index (χ4n) is 3.65. The summed E-state index contributed by atoms with van der Waals surface area (Å²) in [7, 11) is 1.86. The van der Waals surface area contributed by atoms with Crippen molar-refractivity contribution in [3.63, 3.8) is 0 Å². The summed E-state index contributed by atoms with van der Waals surface area (Å²) in [6, 6.07) is 10.6. The van der Waals surface area contributed by atoms with Gasteiger partial charge in [0.05, 0.1) is 5.69 Å². The minimum absolute atomic E-state index is 0.274. The van der Waals surface area contributed by atoms with E-state index in [1.165, 1.54) is 0 Å². The fourth-order valence-corrected chi connectivity index (χ4v) is 3.89. The standard InChI is InChI=1S/C23H24ClN7O/c1-13(2)19-12-20(27-22-21(19)14(3)30-31(22)4)28-29-23(32)26-18-10-16(9-17(24)11-18)15-5-7-25-8-6-15/h5-13H,1-4H3,(H,27,28)(H2,26,29,32). The molecule has 0 radical (unpaired) electrons. The van der Waals surface area contributed by atoms with E-state index < -0.39 is 6.03 Å². The van der Waals surface area contributed by atoms with Crippen molar-refractivity contribution in [3.8, 4) is 11.1 Å². The molecule has 8 nitrogen and oxygen atoms in total. The normalized spacial score (nSPS) is 11.1. The summed E-state index contributed by atoms with van der Waals surface area (Å²) in [5.41, 5.74) is 10.7. The molecule has 0 bridgehead atoms. The van der Waals surface area contributed by atoms with Crippen LogP contribution in [-0.2, 0) is 7.05 Å². The van der Waals surface area contributed by atoms with Crippen LogP contribution in [0.4, 0.5) is 16.3 Å². The number of carbonyl (C=O) groups excluding carboxylic acids is 1. The number of nitrogens with one attached hydrogen (secondary N) is 3. The summed E-state index contributed by atoms with van der Waals surface area (Å²) in [5.74, 6) is 0.804. The van der Waals surface area contributed by atoms with E-state index in [0.717, 1.165) is 33.4 Å². The SMILES string of the molecule is Cc1nn(C)c2nc(NNC(=O)Nc3cc(Cl)cc(-c4ccncc4)c3)cc(C(C)C)c12. The van der Waals surface area contributed by atoms with E-state index in [-0.39, 0.29) is 5.92 Å². The van der Waals surface area contributed by atoms with Gasteiger partial charge in [0, 0.05) is 35.5 Å². The van der Waals surface area contributed by atoms with Gasteiger partial charge in [-0.05, 0) is 65.9 Å². The molecule has 0 saturated carbocycles. The van der Waals surface area contributed by atoms with Crippen molar-refractivity contribution in [1.82, 2.24) is 25.2 Å². The molecule has 0 aliphatic heterocycles. The summed E-state index contributed by atoms with van der Waals surface area (Å²) in [6.07, 6.45) is 3.41. The van der Waals surface area contributed by atoms with Crippen LogP contribution in [0.15, 0.2) is 48.8 Å². The van der Waals surface area contributed by atoms with Gasteiger partial charge >= 0.3 is 6.03 Å². The van der Waals surface area contributed by atoms with Gasteiger partial charge in [-0.3, -0.25) is 20.5 Å². The molecule has 164 valence electrons. The van der Waals surface area contributed by atoms with Gasteiger partial charge in [0.15, 0.2) is 5.65 Å². The molecule has 2 amide bonds. The first kappa shape index (κ1) is 21.6. The first-order valence-electron chi connectivity index (χ1n) is 10.2. The highest BCUT2D eigenvalue weighted by Crippen LogP contribution is 2.29. The number of urea groups is 1. The number of anilines is 2. The fraction of sp³-hybridized carbons (Fsp3) is 0.217. The van der Waals surface area contributed by atoms with E-state index in [9.17, 15) is 4.79 Å². The average Bonchev–Trinajstić information content (AvgIpc) is 3.05. The van der Waals surface area contributed by atoms with Gasteiger partial charge in [-0.25, -0.2) is 9.78 Å². The molecule has 0 saturated heterocycles. The van der Waals surface area contributed by atoms with Crippen LogP contribution in [0.1, 0.15) is 31.0 Å². The van der Waals surface area contributed by atoms with E-state index in [4.69, 9.17) is 11.6 Å². The van der Waals surface area contributed by atoms with Crippen molar-refractivity contribution in [3.05, 3.63) is 65.1 Å². The highest BCUT2D eigenvalue weighted by Gasteiger charge is 2.16. The van der Waals surface area contributed by atoms with E-state index in [2.05, 4.69) is 45.1 Å². The predicted octanol–water partition coefficient (Wildman–Crippen LogP) is 5.26. The molecule has 3 heterocycles. The molecule has 0 fully saturated rings. The van der Waals surface area contributed by atoms with Crippen LogP contribution in [0.3, 0.4) is 0 Å². The second kappa shape index (κ2) is 8.84. The first-order chi connectivity index (χ1) is 15.3. The molecule has 9 heteroatoms. The molecule has 32 heavy (non-hydrogen) atoms. The summed E-state index contributed by atoms with van der Waals surface area (Å²) in [5, 5.41) is 8.83. The number of nitrogens with zero attached hydrogens (tertiary/aromatic N) is 4. The van der Waals surface area contributed by atoms with Crippen molar-refractivity contribution in [2.75, 3.05) is 10.7 Å². The maximum atomic E-state index is 12.5. The zero-order chi connectivity index (χ0) is 22.8. The number of hydrogen-bond acceptors (Lipinski definition) is 5. The van der Waals surface area contributed by atoms with Gasteiger partial charge in [0.2, 0.25) is 0 Å². The highest BCUT2D eigenvalue weighted by molar-refractivity contribution is 6.31. The number of fused-ring (bicyclic) bond motifs is 1. The molecule has 3 N–H and O–H groups in total. The van der Waals surface area contributed by atoms with Gasteiger partial charge < -0.3 is 5.32 Å². The largest absolute Gasteiger partial charge is 0.337 e. The lowest BCUT2D eigenvalue weighted by Crippen LogP contribution is -2.34. The number of rotatable bonds is 5. The topological polar surface area (TPSA) is 96.8 Å². The minimum Gasteiger partial charge on any atom is -0.307 e. The van der Waals surface area contributed by atoms with Gasteiger partial charge in [-0.1, -0.05) is 25.4 Å². The third kappa shape index (κ3) is 4.50. The molecule has 0 aliphatic rings. The van der Waals surface area contributed by atoms with Crippen LogP contribution >= 0.6 is 11.6 Å². The van der Waals surface area contributed by atoms with Crippen LogP contribution in [0.2, 0.25) is 5.02 Å². The van der Waals surface area contributed by atoms with Crippen LogP contribution < -0.4 is 16.2 Å². The average molecular weight is 450 g/mol. The lowest BCUT2D eigenvalue weighted by molar-refractivity contribution is 0.254. The van der Waals surface area contributed by atoms with E-state index >= 15 is 0 Å². The van der Waals surface area contributed by atoms with Crippen molar-refractivity contribution >= 4 is 40.2 Å². The summed E-state index contributed by atoms with van der Waals surface area (Å²) in [4.78, 5) is 21.1. The Labute approximate surface area is 191 Å². The second-order valence-electron chi connectivity index (χ2n) is 7.83. The van der Waals surface area contributed by atoms with E-state index in [1.54, 1.807) is 23.1 Å². The number of benzene rings is 1. The maximum Gasteiger partial charge on any atom is 0.337 e. The Morgan fingerprint density at radius 1 is 1.09 bits per heavy atom. The number of pyridine rings is 2. The first-order valence-corrected chi connectivity index (χ1v) is 10.6. The number of hydrogen-bond donors (Lipinski definition) is 3. The lowest BCUT2D eigenvalue weighted by atomic mass is 10.00. The monoisotopic (exact) mass is 449 g/mol. The van der Waals surface area contributed by atoms with Crippen molar-refractivity contribution in [1.29, 1.82) is 0 Å². The molecule has 4 aromatic rings. The smallest absolute Gasteiger partial charge is 0.307 e. The Hall–Kier alpha value is -3.65. The Morgan fingerprint density at radius 2 is 1.84 bits per heavy atom. The summed E-state index contributed by atoms with van der Waals surface area (Å²) < 4.78 is 1.74. The zero-order valence-corrected chi connectivity index (χ0v) is 19.0. The molecular weight excluding hydrogens is 426 g/mol. The third-order valence-corrected chi connectivity index (χ3v) is 5.31. The lowest BCUT2D eigenvalue weighted by Gasteiger charge is -2.14. The van der Waals surface area contributed by atoms with Gasteiger partial charge in [-0.15, -0.1) is 0 Å². The zero-order valence-electron chi connectivity index (χ0n) is 18.3. The van der Waals surface area contributed by atoms with Crippen molar-refractivity contribution in [2.45, 2.75) is 26.7 Å². The van der Waals surface area contributed by atoms with E-state index in [0.29, 0.717) is 16.5 Å². The molecule has 0 atom stereocenters. The number of hydrazine groups is 1. The highest BCUT2D eigenvalue weighted by atomic mass is 35.5. The van der Waals surface area contributed by atoms with Crippen LogP contribution in [0, 0.1) is 6.92 Å². The summed E-state index contributed by atoms with van der Waals surface area (Å²) >= 11 is 6.25. The van der Waals surface area contributed by atoms with Crippen LogP contribution in [0.25, 0.3) is 22.2 Å². The third-order valence-electron chi connectivity index (χ3n) is 5.09. The Kier molecular flexibility index (Phi) is 5.96. The number of carbonyl (C=O) groups is 1. The molecule has 4 rings (SSSR count). The van der Waals surface area contributed by atoms with Gasteiger partial charge in [0.25, 0.3) is 0 Å². The van der Waals surface area contributed by atoms with Crippen LogP contribution in [0.5, 0.6) is 0 Å². The summed E-state index contributed by atoms with van der Waals surface area (Å²) in [6.45, 7) is 6.20. The maximum absolute atomic E-state index is 12.5.